The Kier molecular flexibility index (Phi) is 1.42. The molecule has 2 heteroatoms. The van der Waals surface area contributed by atoms with E-state index in [1.807, 2.05) is 19.1 Å². The first-order valence-corrected chi connectivity index (χ1v) is 6.32. The maximum absolute atomic E-state index is 12.3. The van der Waals surface area contributed by atoms with Crippen molar-refractivity contribution in [3.05, 3.63) is 53.5 Å². The Morgan fingerprint density at radius 2 is 2.06 bits per heavy atom. The molecule has 2 aromatic carbocycles. The second kappa shape index (κ2) is 3.56. The topological polar surface area (TPSA) is 17.1 Å². The lowest BCUT2D eigenvalue weighted by atomic mass is 9.99. The molecule has 3 rings (SSSR count). The average Bonchev–Trinajstić information content (AvgIpc) is 2.42. The highest BCUT2D eigenvalue weighted by molar-refractivity contribution is 7.84. The van der Waals surface area contributed by atoms with Crippen LogP contribution < -0.4 is 0 Å². The molecule has 1 aliphatic rings. The monoisotopic (exact) mass is 232 g/mol. The second-order valence-electron chi connectivity index (χ2n) is 3.84. The van der Waals surface area contributed by atoms with Gasteiger partial charge in [-0.3, -0.25) is 4.21 Å². The molecule has 0 amide bonds. The van der Waals surface area contributed by atoms with Crippen molar-refractivity contribution in [3.63, 3.8) is 0 Å². The zero-order valence-electron chi connectivity index (χ0n) is 12.8. The SMILES string of the molecule is [2H]c1c([2H])c([2H])c2c(c1[2H])CS(=O)c1ccc(C)cc1-2. The number of benzene rings is 2. The number of aryl methyl sites for hydroxylation is 1. The van der Waals surface area contributed by atoms with Gasteiger partial charge in [0, 0.05) is 4.90 Å². The van der Waals surface area contributed by atoms with Crippen molar-refractivity contribution in [3.8, 4) is 11.1 Å². The lowest BCUT2D eigenvalue weighted by Crippen LogP contribution is -2.06. The molecule has 1 heterocycles. The zero-order valence-corrected chi connectivity index (χ0v) is 9.57. The first-order chi connectivity index (χ1) is 9.41. The van der Waals surface area contributed by atoms with E-state index in [0.29, 0.717) is 21.6 Å². The Balaban J connectivity index is 2.46. The molecule has 0 radical (unpaired) electrons. The van der Waals surface area contributed by atoms with Crippen LogP contribution in [0, 0.1) is 6.92 Å². The minimum Gasteiger partial charge on any atom is -0.254 e. The van der Waals surface area contributed by atoms with Crippen LogP contribution in [0.1, 0.15) is 16.6 Å². The zero-order chi connectivity index (χ0) is 14.6. The van der Waals surface area contributed by atoms with E-state index < -0.39 is 10.8 Å². The van der Waals surface area contributed by atoms with E-state index in [2.05, 4.69) is 0 Å². The lowest BCUT2D eigenvalue weighted by molar-refractivity contribution is 0.682. The van der Waals surface area contributed by atoms with Gasteiger partial charge in [0.05, 0.1) is 22.0 Å². The molecule has 0 bridgehead atoms. The van der Waals surface area contributed by atoms with Gasteiger partial charge in [0.2, 0.25) is 0 Å². The van der Waals surface area contributed by atoms with Crippen LogP contribution in [0.3, 0.4) is 0 Å². The molecule has 0 aromatic heterocycles. The van der Waals surface area contributed by atoms with Crippen LogP contribution in [0.5, 0.6) is 0 Å². The van der Waals surface area contributed by atoms with Gasteiger partial charge in [-0.25, -0.2) is 0 Å². The fourth-order valence-corrected chi connectivity index (χ4v) is 3.18. The van der Waals surface area contributed by atoms with E-state index in [1.54, 1.807) is 6.07 Å². The summed E-state index contributed by atoms with van der Waals surface area (Å²) in [5.41, 5.74) is 2.58. The maximum Gasteiger partial charge on any atom is 0.0629 e. The standard InChI is InChI=1S/C14H12OS/c1-10-6-7-14-13(8-10)12-5-3-2-4-11(12)9-16(14)15/h2-8H,9H2,1H3/i2D,3D,4D,5D. The molecule has 0 aliphatic carbocycles. The van der Waals surface area contributed by atoms with Crippen molar-refractivity contribution in [1.29, 1.82) is 0 Å². The molecule has 80 valence electrons. The molecule has 1 aliphatic heterocycles. The third kappa shape index (κ3) is 1.41. The molecule has 16 heavy (non-hydrogen) atoms. The molecule has 0 N–H and O–H groups in total. The molecular weight excluding hydrogens is 216 g/mol. The van der Waals surface area contributed by atoms with Gasteiger partial charge in [0.15, 0.2) is 0 Å². The van der Waals surface area contributed by atoms with Crippen molar-refractivity contribution in [2.75, 3.05) is 0 Å². The van der Waals surface area contributed by atoms with E-state index >= 15 is 0 Å². The van der Waals surface area contributed by atoms with E-state index in [1.165, 1.54) is 0 Å². The minimum absolute atomic E-state index is 0.0513. The number of rotatable bonds is 0. The third-order valence-electron chi connectivity index (χ3n) is 2.69. The largest absolute Gasteiger partial charge is 0.254 e. The number of hydrogen-bond acceptors (Lipinski definition) is 1. The molecule has 2 aromatic rings. The van der Waals surface area contributed by atoms with Crippen LogP contribution in [0.25, 0.3) is 11.1 Å². The third-order valence-corrected chi connectivity index (χ3v) is 4.09. The molecule has 0 fully saturated rings. The highest BCUT2D eigenvalue weighted by atomic mass is 32.2. The van der Waals surface area contributed by atoms with Gasteiger partial charge in [-0.15, -0.1) is 0 Å². The smallest absolute Gasteiger partial charge is 0.0629 e. The normalized spacial score (nSPS) is 21.2. The average molecular weight is 232 g/mol. The van der Waals surface area contributed by atoms with Gasteiger partial charge in [-0.2, -0.15) is 0 Å². The Bertz CT molecular complexity index is 770. The van der Waals surface area contributed by atoms with E-state index in [0.717, 1.165) is 5.56 Å². The first-order valence-electron chi connectivity index (χ1n) is 7.00. The fourth-order valence-electron chi connectivity index (χ4n) is 1.92. The quantitative estimate of drug-likeness (QED) is 0.681. The van der Waals surface area contributed by atoms with E-state index in [9.17, 15) is 4.21 Å². The predicted octanol–water partition coefficient (Wildman–Crippen LogP) is 3.28. The summed E-state index contributed by atoms with van der Waals surface area (Å²) in [6.07, 6.45) is 0. The van der Waals surface area contributed by atoms with Gasteiger partial charge in [-0.1, -0.05) is 41.9 Å². The van der Waals surface area contributed by atoms with Gasteiger partial charge in [-0.05, 0) is 29.7 Å². The summed E-state index contributed by atoms with van der Waals surface area (Å²) in [4.78, 5) is 0.646. The van der Waals surface area contributed by atoms with Gasteiger partial charge >= 0.3 is 0 Å². The summed E-state index contributed by atoms with van der Waals surface area (Å²) >= 11 is 0. The lowest BCUT2D eigenvalue weighted by Gasteiger charge is -2.19. The van der Waals surface area contributed by atoms with Crippen molar-refractivity contribution < 1.29 is 9.69 Å². The van der Waals surface area contributed by atoms with Crippen molar-refractivity contribution in [1.82, 2.24) is 0 Å². The Morgan fingerprint density at radius 1 is 1.25 bits per heavy atom. The van der Waals surface area contributed by atoms with Crippen LogP contribution in [0.15, 0.2) is 47.3 Å². The van der Waals surface area contributed by atoms with Crippen LogP contribution >= 0.6 is 0 Å². The summed E-state index contributed by atoms with van der Waals surface area (Å²) in [6.45, 7) is 1.91. The summed E-state index contributed by atoms with van der Waals surface area (Å²) in [7, 11) is -1.27. The summed E-state index contributed by atoms with van der Waals surface area (Å²) in [5.74, 6) is 0.141. The molecule has 1 nitrogen and oxygen atoms in total. The first kappa shape index (κ1) is 6.36. The van der Waals surface area contributed by atoms with Crippen LogP contribution in [0.2, 0.25) is 0 Å². The van der Waals surface area contributed by atoms with Gasteiger partial charge in [0.1, 0.15) is 0 Å². The molecule has 0 saturated heterocycles. The van der Waals surface area contributed by atoms with E-state index in [-0.39, 0.29) is 29.9 Å². The Hall–Kier alpha value is -1.41. The maximum atomic E-state index is 12.3. The van der Waals surface area contributed by atoms with Crippen molar-refractivity contribution in [2.45, 2.75) is 17.6 Å². The van der Waals surface area contributed by atoms with Crippen molar-refractivity contribution >= 4 is 10.8 Å². The molecular formula is C14H12OS. The van der Waals surface area contributed by atoms with Crippen LogP contribution in [-0.2, 0) is 16.6 Å². The summed E-state index contributed by atoms with van der Waals surface area (Å²) < 4.78 is 43.9. The number of fused-ring (bicyclic) bond motifs is 3. The fraction of sp³-hybridized carbons (Fsp3) is 0.143. The van der Waals surface area contributed by atoms with Crippen molar-refractivity contribution in [2.24, 2.45) is 0 Å². The molecule has 0 saturated carbocycles. The minimum atomic E-state index is -1.27. The highest BCUT2D eigenvalue weighted by Gasteiger charge is 2.20. The molecule has 1 atom stereocenters. The Labute approximate surface area is 103 Å². The summed E-state index contributed by atoms with van der Waals surface area (Å²) in [6, 6.07) is 4.85. The highest BCUT2D eigenvalue weighted by Crippen LogP contribution is 2.36. The van der Waals surface area contributed by atoms with Gasteiger partial charge < -0.3 is 0 Å². The van der Waals surface area contributed by atoms with Crippen LogP contribution in [0.4, 0.5) is 0 Å². The van der Waals surface area contributed by atoms with Gasteiger partial charge in [0.25, 0.3) is 0 Å². The molecule has 0 spiro atoms. The predicted molar refractivity (Wildman–Crippen MR) is 66.7 cm³/mol. The Morgan fingerprint density at radius 3 is 2.94 bits per heavy atom. The second-order valence-corrected chi connectivity index (χ2v) is 5.26. The van der Waals surface area contributed by atoms with Crippen LogP contribution in [-0.4, -0.2) is 4.21 Å². The number of hydrogen-bond donors (Lipinski definition) is 0. The summed E-state index contributed by atoms with van der Waals surface area (Å²) in [5, 5.41) is 0. The molecule has 1 unspecified atom stereocenters. The van der Waals surface area contributed by atoms with E-state index in [4.69, 9.17) is 5.48 Å².